The molecule has 0 saturated carbocycles. The highest BCUT2D eigenvalue weighted by Gasteiger charge is 2.21. The molecule has 8 heteroatoms. The van der Waals surface area contributed by atoms with Crippen LogP contribution in [0.4, 0.5) is 5.82 Å². The molecule has 0 spiro atoms. The van der Waals surface area contributed by atoms with E-state index in [1.165, 1.54) is 0 Å². The largest absolute Gasteiger partial charge is 0.307 e. The fraction of sp³-hybridized carbons (Fsp3) is 0.238. The molecular weight excluding hydrogens is 388 g/mol. The van der Waals surface area contributed by atoms with Gasteiger partial charge in [0.2, 0.25) is 0 Å². The Morgan fingerprint density at radius 3 is 2.48 bits per heavy atom. The Kier molecular flexibility index (Phi) is 4.84. The number of benzene rings is 1. The van der Waals surface area contributed by atoms with Crippen molar-refractivity contribution >= 4 is 29.0 Å². The Morgan fingerprint density at radius 2 is 1.76 bits per heavy atom. The molecule has 1 aromatic carbocycles. The van der Waals surface area contributed by atoms with Gasteiger partial charge < -0.3 is 5.32 Å². The van der Waals surface area contributed by atoms with Crippen molar-refractivity contribution in [1.82, 2.24) is 24.4 Å². The minimum atomic E-state index is -0.257. The minimum absolute atomic E-state index is 0.257. The van der Waals surface area contributed by atoms with Crippen molar-refractivity contribution in [2.45, 2.75) is 34.2 Å². The van der Waals surface area contributed by atoms with Gasteiger partial charge in [0.05, 0.1) is 17.9 Å². The van der Waals surface area contributed by atoms with Crippen molar-refractivity contribution in [2.75, 3.05) is 5.32 Å². The first kappa shape index (κ1) is 19.1. The van der Waals surface area contributed by atoms with Crippen LogP contribution in [0, 0.1) is 27.7 Å². The van der Waals surface area contributed by atoms with Gasteiger partial charge in [-0.3, -0.25) is 4.79 Å². The van der Waals surface area contributed by atoms with Crippen LogP contribution < -0.4 is 5.32 Å². The van der Waals surface area contributed by atoms with Gasteiger partial charge in [-0.15, -0.1) is 0 Å². The predicted molar refractivity (Wildman–Crippen MR) is 113 cm³/mol. The molecule has 0 saturated heterocycles. The first-order valence-corrected chi connectivity index (χ1v) is 9.63. The van der Waals surface area contributed by atoms with Gasteiger partial charge in [-0.1, -0.05) is 23.7 Å². The van der Waals surface area contributed by atoms with Crippen LogP contribution in [0.1, 0.15) is 38.7 Å². The number of carbonyl (C=O) groups is 1. The number of amides is 1. The molecule has 0 unspecified atom stereocenters. The molecule has 0 aliphatic rings. The van der Waals surface area contributed by atoms with E-state index >= 15 is 0 Å². The zero-order valence-electron chi connectivity index (χ0n) is 16.7. The topological polar surface area (TPSA) is 77.1 Å². The average Bonchev–Trinajstić information content (AvgIpc) is 3.16. The van der Waals surface area contributed by atoms with Crippen LogP contribution in [0.2, 0.25) is 5.02 Å². The van der Waals surface area contributed by atoms with E-state index in [9.17, 15) is 4.79 Å². The number of hydrogen-bond donors (Lipinski definition) is 1. The molecule has 1 N–H and O–H groups in total. The number of aromatic nitrogens is 5. The minimum Gasteiger partial charge on any atom is -0.307 e. The van der Waals surface area contributed by atoms with Crippen molar-refractivity contribution < 1.29 is 4.79 Å². The van der Waals surface area contributed by atoms with Gasteiger partial charge in [0, 0.05) is 22.5 Å². The van der Waals surface area contributed by atoms with Crippen LogP contribution in [-0.4, -0.2) is 30.3 Å². The van der Waals surface area contributed by atoms with Crippen LogP contribution in [0.25, 0.3) is 5.65 Å². The molecule has 0 atom stereocenters. The molecule has 0 radical (unpaired) electrons. The molecular formula is C21H21ClN6O. The summed E-state index contributed by atoms with van der Waals surface area (Å²) in [6, 6.07) is 11.3. The Labute approximate surface area is 173 Å². The normalized spacial score (nSPS) is 11.2. The van der Waals surface area contributed by atoms with E-state index in [0.29, 0.717) is 34.3 Å². The number of fused-ring (bicyclic) bond motifs is 1. The third-order valence-corrected chi connectivity index (χ3v) is 4.94. The maximum atomic E-state index is 13.1. The summed E-state index contributed by atoms with van der Waals surface area (Å²) in [5.74, 6) is 0.359. The molecule has 7 nitrogen and oxygen atoms in total. The quantitative estimate of drug-likeness (QED) is 0.551. The summed E-state index contributed by atoms with van der Waals surface area (Å²) < 4.78 is 3.47. The monoisotopic (exact) mass is 408 g/mol. The number of aryl methyl sites for hydroxylation is 4. The van der Waals surface area contributed by atoms with Gasteiger partial charge in [0.15, 0.2) is 5.65 Å². The molecule has 3 aromatic heterocycles. The van der Waals surface area contributed by atoms with Gasteiger partial charge in [-0.25, -0.2) is 14.2 Å². The third-order valence-electron chi connectivity index (χ3n) is 4.69. The van der Waals surface area contributed by atoms with Crippen LogP contribution in [0.5, 0.6) is 0 Å². The third kappa shape index (κ3) is 3.73. The van der Waals surface area contributed by atoms with Gasteiger partial charge in [0.25, 0.3) is 5.91 Å². The summed E-state index contributed by atoms with van der Waals surface area (Å²) in [5.41, 5.74) is 5.27. The highest BCUT2D eigenvalue weighted by molar-refractivity contribution is 6.30. The van der Waals surface area contributed by atoms with Gasteiger partial charge in [-0.05, 0) is 51.5 Å². The van der Waals surface area contributed by atoms with Crippen LogP contribution in [-0.2, 0) is 6.54 Å². The van der Waals surface area contributed by atoms with E-state index in [2.05, 4.69) is 20.5 Å². The molecule has 0 bridgehead atoms. The number of hydrogen-bond acceptors (Lipinski definition) is 4. The van der Waals surface area contributed by atoms with E-state index in [1.54, 1.807) is 9.20 Å². The lowest BCUT2D eigenvalue weighted by molar-refractivity contribution is 0.102. The van der Waals surface area contributed by atoms with Gasteiger partial charge in [0.1, 0.15) is 11.4 Å². The first-order chi connectivity index (χ1) is 13.8. The van der Waals surface area contributed by atoms with Crippen LogP contribution in [0.15, 0.2) is 36.4 Å². The van der Waals surface area contributed by atoms with E-state index in [0.717, 1.165) is 22.6 Å². The SMILES string of the molecule is Cc1cc(C)n2nc(C)c(C(=O)Nc3cc(C)nn3Cc3ccc(Cl)cc3)c2n1. The summed E-state index contributed by atoms with van der Waals surface area (Å²) in [6.07, 6.45) is 0. The number of carbonyl (C=O) groups excluding carboxylic acids is 1. The molecule has 148 valence electrons. The maximum Gasteiger partial charge on any atom is 0.262 e. The standard InChI is InChI=1S/C21H21ClN6O/c1-12-9-14(3)28-20(23-12)19(15(4)26-28)21(29)24-18-10-13(2)25-27(18)11-16-5-7-17(22)8-6-16/h5-10H,11H2,1-4H3,(H,24,29). The fourth-order valence-corrected chi connectivity index (χ4v) is 3.53. The van der Waals surface area contributed by atoms with Crippen molar-refractivity contribution in [1.29, 1.82) is 0 Å². The average molecular weight is 409 g/mol. The second-order valence-electron chi connectivity index (χ2n) is 7.14. The predicted octanol–water partition coefficient (Wildman–Crippen LogP) is 4.11. The molecule has 0 aliphatic heterocycles. The highest BCUT2D eigenvalue weighted by atomic mass is 35.5. The van der Waals surface area contributed by atoms with Gasteiger partial charge >= 0.3 is 0 Å². The lowest BCUT2D eigenvalue weighted by atomic mass is 10.2. The van der Waals surface area contributed by atoms with Crippen LogP contribution >= 0.6 is 11.6 Å². The number of nitrogens with one attached hydrogen (secondary N) is 1. The zero-order chi connectivity index (χ0) is 20.7. The number of halogens is 1. The summed E-state index contributed by atoms with van der Waals surface area (Å²) >= 11 is 5.97. The van der Waals surface area contributed by atoms with Crippen molar-refractivity contribution in [2.24, 2.45) is 0 Å². The highest BCUT2D eigenvalue weighted by Crippen LogP contribution is 2.20. The van der Waals surface area contributed by atoms with E-state index in [4.69, 9.17) is 11.6 Å². The first-order valence-electron chi connectivity index (χ1n) is 9.25. The van der Waals surface area contributed by atoms with Crippen LogP contribution in [0.3, 0.4) is 0 Å². The Bertz CT molecular complexity index is 1220. The molecule has 0 aliphatic carbocycles. The second-order valence-corrected chi connectivity index (χ2v) is 7.58. The molecule has 4 rings (SSSR count). The lowest BCUT2D eigenvalue weighted by Crippen LogP contribution is -2.17. The summed E-state index contributed by atoms with van der Waals surface area (Å²) in [5, 5.41) is 12.6. The van der Waals surface area contributed by atoms with Crippen molar-refractivity contribution in [3.8, 4) is 0 Å². The molecule has 0 fully saturated rings. The Balaban J connectivity index is 1.67. The van der Waals surface area contributed by atoms with Crippen molar-refractivity contribution in [3.05, 3.63) is 75.3 Å². The summed E-state index contributed by atoms with van der Waals surface area (Å²) in [7, 11) is 0. The van der Waals surface area contributed by atoms with E-state index in [1.807, 2.05) is 64.1 Å². The summed E-state index contributed by atoms with van der Waals surface area (Å²) in [6.45, 7) is 8.07. The van der Waals surface area contributed by atoms with Crippen molar-refractivity contribution in [3.63, 3.8) is 0 Å². The molecule has 3 heterocycles. The van der Waals surface area contributed by atoms with E-state index < -0.39 is 0 Å². The lowest BCUT2D eigenvalue weighted by Gasteiger charge is -2.09. The molecule has 29 heavy (non-hydrogen) atoms. The molecule has 4 aromatic rings. The second kappa shape index (κ2) is 7.33. The number of anilines is 1. The van der Waals surface area contributed by atoms with E-state index in [-0.39, 0.29) is 5.91 Å². The smallest absolute Gasteiger partial charge is 0.262 e. The Morgan fingerprint density at radius 1 is 1.03 bits per heavy atom. The Hall–Kier alpha value is -3.19. The maximum absolute atomic E-state index is 13.1. The van der Waals surface area contributed by atoms with Gasteiger partial charge in [-0.2, -0.15) is 10.2 Å². The fourth-order valence-electron chi connectivity index (χ4n) is 3.40. The zero-order valence-corrected chi connectivity index (χ0v) is 17.4. The number of nitrogens with zero attached hydrogens (tertiary/aromatic N) is 5. The molecule has 1 amide bonds. The summed E-state index contributed by atoms with van der Waals surface area (Å²) in [4.78, 5) is 17.7. The number of rotatable bonds is 4.